The Labute approximate surface area is 126 Å². The lowest BCUT2D eigenvalue weighted by Gasteiger charge is -2.07. The number of rotatable bonds is 3. The summed E-state index contributed by atoms with van der Waals surface area (Å²) in [7, 11) is 0. The van der Waals surface area contributed by atoms with Gasteiger partial charge >= 0.3 is 0 Å². The van der Waals surface area contributed by atoms with Crippen LogP contribution in [0, 0.1) is 0 Å². The van der Waals surface area contributed by atoms with Gasteiger partial charge in [-0.1, -0.05) is 41.9 Å². The SMILES string of the molecule is O=c1cc(Nc2ccc(Cl)cc2)nc(-c2ccccc2)[nH]1. The molecule has 0 aliphatic heterocycles. The number of halogens is 1. The zero-order valence-corrected chi connectivity index (χ0v) is 11.8. The molecular formula is C16H12ClN3O. The normalized spacial score (nSPS) is 10.3. The topological polar surface area (TPSA) is 57.8 Å². The molecule has 3 rings (SSSR count). The second-order valence-electron chi connectivity index (χ2n) is 4.48. The Morgan fingerprint density at radius 1 is 1.00 bits per heavy atom. The molecule has 0 saturated carbocycles. The summed E-state index contributed by atoms with van der Waals surface area (Å²) in [4.78, 5) is 18.9. The van der Waals surface area contributed by atoms with E-state index in [0.717, 1.165) is 11.3 Å². The lowest BCUT2D eigenvalue weighted by molar-refractivity contribution is 1.13. The van der Waals surface area contributed by atoms with E-state index in [2.05, 4.69) is 15.3 Å². The van der Waals surface area contributed by atoms with Gasteiger partial charge in [0.25, 0.3) is 5.56 Å². The van der Waals surface area contributed by atoms with Crippen LogP contribution in [0.2, 0.25) is 5.02 Å². The van der Waals surface area contributed by atoms with Crippen molar-refractivity contribution in [2.45, 2.75) is 0 Å². The zero-order chi connectivity index (χ0) is 14.7. The third-order valence-electron chi connectivity index (χ3n) is 2.91. The van der Waals surface area contributed by atoms with Crippen LogP contribution in [-0.4, -0.2) is 9.97 Å². The highest BCUT2D eigenvalue weighted by Crippen LogP contribution is 2.19. The van der Waals surface area contributed by atoms with Crippen LogP contribution in [0.25, 0.3) is 11.4 Å². The smallest absolute Gasteiger partial charge is 0.253 e. The highest BCUT2D eigenvalue weighted by molar-refractivity contribution is 6.30. The second kappa shape index (κ2) is 5.81. The molecule has 0 aliphatic carbocycles. The number of nitrogens with one attached hydrogen (secondary N) is 2. The fourth-order valence-corrected chi connectivity index (χ4v) is 2.06. The van der Waals surface area contributed by atoms with Gasteiger partial charge in [0.1, 0.15) is 11.6 Å². The van der Waals surface area contributed by atoms with Gasteiger partial charge in [-0.3, -0.25) is 4.79 Å². The van der Waals surface area contributed by atoms with Gasteiger partial charge in [0.2, 0.25) is 0 Å². The maximum Gasteiger partial charge on any atom is 0.253 e. The Morgan fingerprint density at radius 3 is 2.43 bits per heavy atom. The number of hydrogen-bond acceptors (Lipinski definition) is 3. The molecule has 0 radical (unpaired) electrons. The zero-order valence-electron chi connectivity index (χ0n) is 11.0. The van der Waals surface area contributed by atoms with Gasteiger partial charge in [0.15, 0.2) is 0 Å². The van der Waals surface area contributed by atoms with Crippen LogP contribution in [0.3, 0.4) is 0 Å². The minimum atomic E-state index is -0.208. The van der Waals surface area contributed by atoms with E-state index in [-0.39, 0.29) is 5.56 Å². The molecule has 0 saturated heterocycles. The molecule has 2 N–H and O–H groups in total. The Morgan fingerprint density at radius 2 is 1.71 bits per heavy atom. The molecule has 5 heteroatoms. The van der Waals surface area contributed by atoms with Crippen molar-refractivity contribution in [2.75, 3.05) is 5.32 Å². The first-order valence-electron chi connectivity index (χ1n) is 6.40. The molecule has 2 aromatic carbocycles. The molecule has 0 unspecified atom stereocenters. The number of hydrogen-bond donors (Lipinski definition) is 2. The van der Waals surface area contributed by atoms with Crippen molar-refractivity contribution in [1.82, 2.24) is 9.97 Å². The Hall–Kier alpha value is -2.59. The van der Waals surface area contributed by atoms with E-state index in [9.17, 15) is 4.79 Å². The summed E-state index contributed by atoms with van der Waals surface area (Å²) in [6.07, 6.45) is 0. The largest absolute Gasteiger partial charge is 0.340 e. The van der Waals surface area contributed by atoms with Crippen molar-refractivity contribution in [1.29, 1.82) is 0 Å². The number of nitrogens with zero attached hydrogens (tertiary/aromatic N) is 1. The van der Waals surface area contributed by atoms with Crippen LogP contribution in [-0.2, 0) is 0 Å². The van der Waals surface area contributed by atoms with E-state index >= 15 is 0 Å². The summed E-state index contributed by atoms with van der Waals surface area (Å²) < 4.78 is 0. The van der Waals surface area contributed by atoms with Gasteiger partial charge in [-0.2, -0.15) is 0 Å². The van der Waals surface area contributed by atoms with Crippen LogP contribution >= 0.6 is 11.6 Å². The number of benzene rings is 2. The number of aromatic amines is 1. The quantitative estimate of drug-likeness (QED) is 0.772. The summed E-state index contributed by atoms with van der Waals surface area (Å²) in [5, 5.41) is 3.75. The van der Waals surface area contributed by atoms with Crippen molar-refractivity contribution in [3.63, 3.8) is 0 Å². The van der Waals surface area contributed by atoms with Crippen LogP contribution in [0.15, 0.2) is 65.5 Å². The molecule has 4 nitrogen and oxygen atoms in total. The molecule has 0 aliphatic rings. The Kier molecular flexibility index (Phi) is 3.71. The minimum Gasteiger partial charge on any atom is -0.340 e. The molecular weight excluding hydrogens is 286 g/mol. The molecule has 21 heavy (non-hydrogen) atoms. The highest BCUT2D eigenvalue weighted by atomic mass is 35.5. The predicted octanol–water partition coefficient (Wildman–Crippen LogP) is 3.83. The minimum absolute atomic E-state index is 0.208. The summed E-state index contributed by atoms with van der Waals surface area (Å²) in [5.74, 6) is 1.01. The van der Waals surface area contributed by atoms with Gasteiger partial charge in [-0.05, 0) is 24.3 Å². The van der Waals surface area contributed by atoms with Crippen molar-refractivity contribution < 1.29 is 0 Å². The van der Waals surface area contributed by atoms with Crippen molar-refractivity contribution in [2.24, 2.45) is 0 Å². The average Bonchev–Trinajstić information content (AvgIpc) is 2.50. The molecule has 0 bridgehead atoms. The summed E-state index contributed by atoms with van der Waals surface area (Å²) in [5.41, 5.74) is 1.46. The van der Waals surface area contributed by atoms with Gasteiger partial charge in [-0.15, -0.1) is 0 Å². The Bertz CT molecular complexity index is 798. The second-order valence-corrected chi connectivity index (χ2v) is 4.91. The third-order valence-corrected chi connectivity index (χ3v) is 3.16. The Balaban J connectivity index is 1.95. The van der Waals surface area contributed by atoms with Crippen LogP contribution < -0.4 is 10.9 Å². The predicted molar refractivity (Wildman–Crippen MR) is 85.0 cm³/mol. The van der Waals surface area contributed by atoms with Gasteiger partial charge < -0.3 is 10.3 Å². The fraction of sp³-hybridized carbons (Fsp3) is 0. The van der Waals surface area contributed by atoms with Crippen LogP contribution in [0.4, 0.5) is 11.5 Å². The molecule has 0 fully saturated rings. The molecule has 0 amide bonds. The lowest BCUT2D eigenvalue weighted by atomic mass is 10.2. The molecule has 0 atom stereocenters. The maximum atomic E-state index is 11.8. The van der Waals surface area contributed by atoms with Crippen LogP contribution in [0.1, 0.15) is 0 Å². The first kappa shape index (κ1) is 13.4. The standard InChI is InChI=1S/C16H12ClN3O/c17-12-6-8-13(9-7-12)18-14-10-15(21)20-16(19-14)11-4-2-1-3-5-11/h1-10H,(H2,18,19,20,21). The summed E-state index contributed by atoms with van der Waals surface area (Å²) in [6, 6.07) is 18.1. The average molecular weight is 298 g/mol. The van der Waals surface area contributed by atoms with Crippen molar-refractivity contribution in [3.8, 4) is 11.4 Å². The van der Waals surface area contributed by atoms with E-state index in [0.29, 0.717) is 16.7 Å². The molecule has 1 heterocycles. The van der Waals surface area contributed by atoms with E-state index in [1.165, 1.54) is 6.07 Å². The first-order valence-corrected chi connectivity index (χ1v) is 6.78. The van der Waals surface area contributed by atoms with E-state index in [4.69, 9.17) is 11.6 Å². The molecule has 104 valence electrons. The highest BCUT2D eigenvalue weighted by Gasteiger charge is 2.04. The van der Waals surface area contributed by atoms with Gasteiger partial charge in [-0.25, -0.2) is 4.98 Å². The summed E-state index contributed by atoms with van der Waals surface area (Å²) in [6.45, 7) is 0. The molecule has 0 spiro atoms. The van der Waals surface area contributed by atoms with Crippen molar-refractivity contribution >= 4 is 23.1 Å². The maximum absolute atomic E-state index is 11.8. The number of anilines is 2. The van der Waals surface area contributed by atoms with E-state index in [1.807, 2.05) is 42.5 Å². The molecule has 1 aromatic heterocycles. The monoisotopic (exact) mass is 297 g/mol. The third kappa shape index (κ3) is 3.30. The summed E-state index contributed by atoms with van der Waals surface area (Å²) >= 11 is 5.85. The van der Waals surface area contributed by atoms with Gasteiger partial charge in [0.05, 0.1) is 0 Å². The van der Waals surface area contributed by atoms with E-state index in [1.54, 1.807) is 12.1 Å². The van der Waals surface area contributed by atoms with E-state index < -0.39 is 0 Å². The number of aromatic nitrogens is 2. The fourth-order valence-electron chi connectivity index (χ4n) is 1.94. The molecule has 3 aromatic rings. The van der Waals surface area contributed by atoms with Crippen LogP contribution in [0.5, 0.6) is 0 Å². The lowest BCUT2D eigenvalue weighted by Crippen LogP contribution is -2.09. The number of H-pyrrole nitrogens is 1. The first-order chi connectivity index (χ1) is 10.2. The van der Waals surface area contributed by atoms with Gasteiger partial charge in [0, 0.05) is 22.3 Å². The van der Waals surface area contributed by atoms with Crippen molar-refractivity contribution in [3.05, 3.63) is 76.0 Å².